The number of amides is 1. The molecule has 0 aliphatic carbocycles. The second-order valence-electron chi connectivity index (χ2n) is 4.55. The minimum absolute atomic E-state index is 0.0435. The van der Waals surface area contributed by atoms with E-state index in [4.69, 9.17) is 9.47 Å². The van der Waals surface area contributed by atoms with Crippen molar-refractivity contribution in [1.82, 2.24) is 10.2 Å². The van der Waals surface area contributed by atoms with Gasteiger partial charge in [-0.2, -0.15) is 0 Å². The fourth-order valence-corrected chi connectivity index (χ4v) is 2.14. The van der Waals surface area contributed by atoms with Crippen molar-refractivity contribution in [3.05, 3.63) is 35.9 Å². The molecule has 0 saturated carbocycles. The summed E-state index contributed by atoms with van der Waals surface area (Å²) in [5.41, 5.74) is 0.995. The molecular weight excluding hydrogens is 244 g/mol. The Hall–Kier alpha value is -1.59. The monoisotopic (exact) mass is 264 g/mol. The van der Waals surface area contributed by atoms with Crippen molar-refractivity contribution in [3.8, 4) is 0 Å². The Morgan fingerprint density at radius 2 is 2.21 bits per heavy atom. The first kappa shape index (κ1) is 13.8. The minimum Gasteiger partial charge on any atom is -0.445 e. The third-order valence-electron chi connectivity index (χ3n) is 3.15. The number of nitrogens with zero attached hydrogens (tertiary/aromatic N) is 1. The van der Waals surface area contributed by atoms with Crippen molar-refractivity contribution in [2.45, 2.75) is 12.6 Å². The highest BCUT2D eigenvalue weighted by Crippen LogP contribution is 2.08. The van der Waals surface area contributed by atoms with Gasteiger partial charge in [-0.1, -0.05) is 30.3 Å². The van der Waals surface area contributed by atoms with Gasteiger partial charge >= 0.3 is 6.09 Å². The fourth-order valence-electron chi connectivity index (χ4n) is 2.14. The molecule has 19 heavy (non-hydrogen) atoms. The maximum absolute atomic E-state index is 12.1. The third-order valence-corrected chi connectivity index (χ3v) is 3.15. The van der Waals surface area contributed by atoms with Crippen molar-refractivity contribution in [1.29, 1.82) is 0 Å². The predicted octanol–water partition coefficient (Wildman–Crippen LogP) is 1.24. The smallest absolute Gasteiger partial charge is 0.410 e. The van der Waals surface area contributed by atoms with Gasteiger partial charge in [-0.15, -0.1) is 0 Å². The number of hydrogen-bond acceptors (Lipinski definition) is 4. The van der Waals surface area contributed by atoms with Crippen LogP contribution in [0.1, 0.15) is 5.56 Å². The molecule has 0 spiro atoms. The van der Waals surface area contributed by atoms with Crippen LogP contribution in [0.4, 0.5) is 4.79 Å². The molecule has 1 aromatic carbocycles. The largest absolute Gasteiger partial charge is 0.445 e. The van der Waals surface area contributed by atoms with Crippen LogP contribution in [-0.4, -0.2) is 50.4 Å². The van der Waals surface area contributed by atoms with Crippen LogP contribution in [0.15, 0.2) is 30.3 Å². The zero-order valence-electron chi connectivity index (χ0n) is 11.2. The zero-order chi connectivity index (χ0) is 13.5. The summed E-state index contributed by atoms with van der Waals surface area (Å²) in [6, 6.07) is 9.73. The molecule has 1 unspecified atom stereocenters. The summed E-state index contributed by atoms with van der Waals surface area (Å²) < 4.78 is 10.5. The van der Waals surface area contributed by atoms with Crippen LogP contribution >= 0.6 is 0 Å². The molecule has 1 aromatic rings. The molecule has 1 atom stereocenters. The molecule has 5 nitrogen and oxygen atoms in total. The second-order valence-corrected chi connectivity index (χ2v) is 4.55. The molecule has 2 rings (SSSR count). The average molecular weight is 264 g/mol. The van der Waals surface area contributed by atoms with Gasteiger partial charge in [-0.05, 0) is 5.56 Å². The van der Waals surface area contributed by atoms with Crippen LogP contribution in [0.25, 0.3) is 0 Å². The van der Waals surface area contributed by atoms with Crippen LogP contribution in [0.2, 0.25) is 0 Å². The molecule has 1 aliphatic heterocycles. The first-order valence-corrected chi connectivity index (χ1v) is 6.48. The molecule has 5 heteroatoms. The van der Waals surface area contributed by atoms with E-state index in [1.807, 2.05) is 30.3 Å². The average Bonchev–Trinajstić information content (AvgIpc) is 2.47. The van der Waals surface area contributed by atoms with Crippen LogP contribution in [-0.2, 0) is 16.1 Å². The van der Waals surface area contributed by atoms with E-state index in [0.717, 1.165) is 18.7 Å². The zero-order valence-corrected chi connectivity index (χ0v) is 11.2. The third kappa shape index (κ3) is 3.94. The minimum atomic E-state index is -0.271. The summed E-state index contributed by atoms with van der Waals surface area (Å²) >= 11 is 0. The summed E-state index contributed by atoms with van der Waals surface area (Å²) in [4.78, 5) is 13.8. The van der Waals surface area contributed by atoms with E-state index in [1.54, 1.807) is 12.0 Å². The highest BCUT2D eigenvalue weighted by Gasteiger charge is 2.27. The summed E-state index contributed by atoms with van der Waals surface area (Å²) in [6.07, 6.45) is -0.271. The maximum atomic E-state index is 12.1. The Labute approximate surface area is 113 Å². The van der Waals surface area contributed by atoms with Crippen molar-refractivity contribution in [2.24, 2.45) is 0 Å². The number of rotatable bonds is 4. The van der Waals surface area contributed by atoms with Gasteiger partial charge in [0.25, 0.3) is 0 Å². The Morgan fingerprint density at radius 3 is 2.95 bits per heavy atom. The number of nitrogens with one attached hydrogen (secondary N) is 1. The first-order valence-electron chi connectivity index (χ1n) is 6.48. The van der Waals surface area contributed by atoms with Gasteiger partial charge in [-0.3, -0.25) is 0 Å². The molecule has 0 bridgehead atoms. The number of carbonyl (C=O) groups is 1. The predicted molar refractivity (Wildman–Crippen MR) is 71.9 cm³/mol. The number of methoxy groups -OCH3 is 1. The van der Waals surface area contributed by atoms with Gasteiger partial charge in [0.1, 0.15) is 6.61 Å². The topological polar surface area (TPSA) is 50.8 Å². The van der Waals surface area contributed by atoms with Gasteiger partial charge < -0.3 is 19.7 Å². The quantitative estimate of drug-likeness (QED) is 0.889. The van der Waals surface area contributed by atoms with Crippen molar-refractivity contribution < 1.29 is 14.3 Å². The second kappa shape index (κ2) is 7.11. The van der Waals surface area contributed by atoms with E-state index in [-0.39, 0.29) is 12.1 Å². The van der Waals surface area contributed by atoms with E-state index in [1.165, 1.54) is 0 Å². The first-order chi connectivity index (χ1) is 9.31. The van der Waals surface area contributed by atoms with Crippen molar-refractivity contribution in [2.75, 3.05) is 33.4 Å². The summed E-state index contributed by atoms with van der Waals surface area (Å²) in [5.74, 6) is 0. The van der Waals surface area contributed by atoms with Gasteiger partial charge in [0, 0.05) is 26.7 Å². The Kier molecular flexibility index (Phi) is 5.18. The molecule has 104 valence electrons. The van der Waals surface area contributed by atoms with Gasteiger partial charge in [-0.25, -0.2) is 4.79 Å². The SMILES string of the molecule is COCC1CNCCN1C(=O)OCc1ccccc1. The lowest BCUT2D eigenvalue weighted by molar-refractivity contribution is 0.0448. The van der Waals surface area contributed by atoms with Crippen LogP contribution in [0.3, 0.4) is 0 Å². The molecule has 1 saturated heterocycles. The Bertz CT molecular complexity index is 395. The molecule has 1 fully saturated rings. The number of ether oxygens (including phenoxy) is 2. The summed E-state index contributed by atoms with van der Waals surface area (Å²) in [5, 5.41) is 3.25. The number of carbonyl (C=O) groups excluding carboxylic acids is 1. The van der Waals surface area contributed by atoms with E-state index in [9.17, 15) is 4.79 Å². The number of hydrogen-bond donors (Lipinski definition) is 1. The maximum Gasteiger partial charge on any atom is 0.410 e. The molecule has 1 aliphatic rings. The molecule has 1 amide bonds. The molecule has 1 heterocycles. The Morgan fingerprint density at radius 1 is 1.42 bits per heavy atom. The lowest BCUT2D eigenvalue weighted by atomic mass is 10.2. The standard InChI is InChI=1S/C14H20N2O3/c1-18-11-13-9-15-7-8-16(13)14(17)19-10-12-5-3-2-4-6-12/h2-6,13,15H,7-11H2,1H3. The van der Waals surface area contributed by atoms with Gasteiger partial charge in [0.2, 0.25) is 0 Å². The van der Waals surface area contributed by atoms with Gasteiger partial charge in [0.15, 0.2) is 0 Å². The highest BCUT2D eigenvalue weighted by atomic mass is 16.6. The van der Waals surface area contributed by atoms with E-state index >= 15 is 0 Å². The summed E-state index contributed by atoms with van der Waals surface area (Å²) in [7, 11) is 1.64. The van der Waals surface area contributed by atoms with Gasteiger partial charge in [0.05, 0.1) is 12.6 Å². The summed E-state index contributed by atoms with van der Waals surface area (Å²) in [6.45, 7) is 3.02. The Balaban J connectivity index is 1.87. The normalized spacial score (nSPS) is 19.2. The van der Waals surface area contributed by atoms with E-state index in [2.05, 4.69) is 5.32 Å². The number of benzene rings is 1. The molecule has 0 radical (unpaired) electrons. The lowest BCUT2D eigenvalue weighted by Gasteiger charge is -2.34. The van der Waals surface area contributed by atoms with Crippen LogP contribution in [0.5, 0.6) is 0 Å². The lowest BCUT2D eigenvalue weighted by Crippen LogP contribution is -2.55. The molecule has 1 N–H and O–H groups in total. The molecule has 0 aromatic heterocycles. The van der Waals surface area contributed by atoms with Crippen molar-refractivity contribution in [3.63, 3.8) is 0 Å². The fraction of sp³-hybridized carbons (Fsp3) is 0.500. The van der Waals surface area contributed by atoms with Crippen LogP contribution in [0, 0.1) is 0 Å². The highest BCUT2D eigenvalue weighted by molar-refractivity contribution is 5.68. The number of piperazine rings is 1. The van der Waals surface area contributed by atoms with Crippen molar-refractivity contribution >= 4 is 6.09 Å². The van der Waals surface area contributed by atoms with Crippen LogP contribution < -0.4 is 5.32 Å². The molecular formula is C14H20N2O3. The van der Waals surface area contributed by atoms with E-state index < -0.39 is 0 Å². The van der Waals surface area contributed by atoms with E-state index in [0.29, 0.717) is 19.8 Å².